The SMILES string of the molecule is CC1(O)C(=O)C=C2C=C(c3ccc(F)c(F)c3)OC=C2C1=O. The minimum Gasteiger partial charge on any atom is -0.464 e. The van der Waals surface area contributed by atoms with Gasteiger partial charge in [-0.05, 0) is 42.8 Å². The van der Waals surface area contributed by atoms with Crippen LogP contribution in [0.5, 0.6) is 0 Å². The predicted molar refractivity (Wildman–Crippen MR) is 72.2 cm³/mol. The van der Waals surface area contributed by atoms with Gasteiger partial charge in [0.25, 0.3) is 0 Å². The second-order valence-corrected chi connectivity index (χ2v) is 5.15. The summed E-state index contributed by atoms with van der Waals surface area (Å²) in [5.41, 5.74) is -1.55. The van der Waals surface area contributed by atoms with E-state index in [4.69, 9.17) is 4.74 Å². The summed E-state index contributed by atoms with van der Waals surface area (Å²) >= 11 is 0. The fourth-order valence-corrected chi connectivity index (χ4v) is 2.20. The third-order valence-electron chi connectivity index (χ3n) is 3.56. The Labute approximate surface area is 124 Å². The van der Waals surface area contributed by atoms with E-state index in [0.717, 1.165) is 31.4 Å². The lowest BCUT2D eigenvalue weighted by atomic mass is 9.80. The minimum absolute atomic E-state index is 0.0518. The van der Waals surface area contributed by atoms with E-state index in [1.54, 1.807) is 0 Å². The molecule has 0 saturated heterocycles. The molecule has 0 saturated carbocycles. The van der Waals surface area contributed by atoms with E-state index in [2.05, 4.69) is 0 Å². The number of hydrogen-bond acceptors (Lipinski definition) is 4. The van der Waals surface area contributed by atoms with Gasteiger partial charge in [0.05, 0.1) is 5.57 Å². The topological polar surface area (TPSA) is 63.6 Å². The number of ether oxygens (including phenoxy) is 1. The first-order valence-corrected chi connectivity index (χ1v) is 6.38. The van der Waals surface area contributed by atoms with Gasteiger partial charge in [0.2, 0.25) is 5.78 Å². The Kier molecular flexibility index (Phi) is 3.07. The summed E-state index contributed by atoms with van der Waals surface area (Å²) in [7, 11) is 0. The number of hydrogen-bond donors (Lipinski definition) is 1. The molecule has 0 amide bonds. The maximum absolute atomic E-state index is 13.3. The molecule has 2 aliphatic rings. The Morgan fingerprint density at radius 2 is 1.86 bits per heavy atom. The molecule has 6 heteroatoms. The van der Waals surface area contributed by atoms with E-state index in [9.17, 15) is 23.5 Å². The molecule has 22 heavy (non-hydrogen) atoms. The van der Waals surface area contributed by atoms with Crippen LogP contribution >= 0.6 is 0 Å². The molecular formula is C16H10F2O4. The number of rotatable bonds is 1. The molecule has 1 atom stereocenters. The summed E-state index contributed by atoms with van der Waals surface area (Å²) in [6.45, 7) is 1.11. The Morgan fingerprint density at radius 1 is 1.14 bits per heavy atom. The van der Waals surface area contributed by atoms with Crippen LogP contribution < -0.4 is 0 Å². The molecule has 4 nitrogen and oxygen atoms in total. The summed E-state index contributed by atoms with van der Waals surface area (Å²) in [5.74, 6) is -3.38. The van der Waals surface area contributed by atoms with Gasteiger partial charge in [-0.15, -0.1) is 0 Å². The van der Waals surface area contributed by atoms with Crippen molar-refractivity contribution in [2.24, 2.45) is 0 Å². The van der Waals surface area contributed by atoms with E-state index in [1.807, 2.05) is 0 Å². The molecule has 1 aromatic rings. The average Bonchev–Trinajstić information content (AvgIpc) is 2.48. The van der Waals surface area contributed by atoms with Crippen LogP contribution in [0.4, 0.5) is 8.78 Å². The summed E-state index contributed by atoms with van der Waals surface area (Å²) in [5, 5.41) is 9.85. The van der Waals surface area contributed by atoms with Crippen LogP contribution in [0.15, 0.2) is 47.8 Å². The molecule has 1 aromatic carbocycles. The largest absolute Gasteiger partial charge is 0.464 e. The van der Waals surface area contributed by atoms with E-state index in [0.29, 0.717) is 0 Å². The van der Waals surface area contributed by atoms with E-state index in [-0.39, 0.29) is 22.5 Å². The van der Waals surface area contributed by atoms with Crippen molar-refractivity contribution in [3.63, 3.8) is 0 Å². The van der Waals surface area contributed by atoms with Gasteiger partial charge in [0.15, 0.2) is 23.0 Å². The molecule has 1 heterocycles. The van der Waals surface area contributed by atoms with Crippen molar-refractivity contribution in [2.75, 3.05) is 0 Å². The van der Waals surface area contributed by atoms with Crippen molar-refractivity contribution in [3.05, 3.63) is 65.0 Å². The quantitative estimate of drug-likeness (QED) is 0.807. The van der Waals surface area contributed by atoms with Crippen LogP contribution in [0, 0.1) is 11.6 Å². The maximum atomic E-state index is 13.3. The molecule has 0 aromatic heterocycles. The van der Waals surface area contributed by atoms with Crippen LogP contribution in [0.25, 0.3) is 5.76 Å². The van der Waals surface area contributed by atoms with Gasteiger partial charge in [0, 0.05) is 5.56 Å². The molecule has 0 bridgehead atoms. The number of allylic oxidation sites excluding steroid dienone is 2. The standard InChI is InChI=1S/C16H10F2O4/c1-16(21)14(19)6-9-5-13(22-7-10(9)15(16)20)8-2-3-11(17)12(18)4-8/h2-7,21H,1H3. The molecule has 0 fully saturated rings. The third kappa shape index (κ3) is 2.08. The Morgan fingerprint density at radius 3 is 2.55 bits per heavy atom. The zero-order valence-electron chi connectivity index (χ0n) is 11.4. The third-order valence-corrected chi connectivity index (χ3v) is 3.56. The smallest absolute Gasteiger partial charge is 0.205 e. The molecule has 1 aliphatic carbocycles. The summed E-state index contributed by atoms with van der Waals surface area (Å²) in [6.07, 6.45) is 3.58. The number of ketones is 2. The molecule has 1 aliphatic heterocycles. The number of aliphatic hydroxyl groups is 1. The molecule has 3 rings (SSSR count). The number of fused-ring (bicyclic) bond motifs is 1. The van der Waals surface area contributed by atoms with E-state index < -0.39 is 28.8 Å². The van der Waals surface area contributed by atoms with Gasteiger partial charge in [-0.2, -0.15) is 0 Å². The summed E-state index contributed by atoms with van der Waals surface area (Å²) in [6, 6.07) is 3.21. The van der Waals surface area contributed by atoms with E-state index in [1.165, 1.54) is 12.1 Å². The highest BCUT2D eigenvalue weighted by atomic mass is 19.2. The van der Waals surface area contributed by atoms with Gasteiger partial charge in [-0.25, -0.2) is 8.78 Å². The number of halogens is 2. The molecule has 112 valence electrons. The fraction of sp³-hybridized carbons (Fsp3) is 0.125. The average molecular weight is 304 g/mol. The zero-order valence-corrected chi connectivity index (χ0v) is 11.4. The van der Waals surface area contributed by atoms with Crippen molar-refractivity contribution in [1.29, 1.82) is 0 Å². The first kappa shape index (κ1) is 14.3. The summed E-state index contributed by atoms with van der Waals surface area (Å²) in [4.78, 5) is 23.8. The Balaban J connectivity index is 2.04. The second kappa shape index (κ2) is 4.71. The van der Waals surface area contributed by atoms with Gasteiger partial charge in [-0.1, -0.05) is 0 Å². The van der Waals surface area contributed by atoms with Crippen LogP contribution in [0.2, 0.25) is 0 Å². The van der Waals surface area contributed by atoms with Crippen molar-refractivity contribution >= 4 is 17.3 Å². The lowest BCUT2D eigenvalue weighted by molar-refractivity contribution is -0.144. The number of carbonyl (C=O) groups is 2. The highest BCUT2D eigenvalue weighted by Gasteiger charge is 2.44. The van der Waals surface area contributed by atoms with Crippen LogP contribution in [-0.4, -0.2) is 22.3 Å². The van der Waals surface area contributed by atoms with Crippen LogP contribution in [-0.2, 0) is 14.3 Å². The van der Waals surface area contributed by atoms with Crippen LogP contribution in [0.1, 0.15) is 12.5 Å². The van der Waals surface area contributed by atoms with Crippen molar-refractivity contribution < 1.29 is 28.2 Å². The highest BCUT2D eigenvalue weighted by molar-refractivity contribution is 6.25. The van der Waals surface area contributed by atoms with Crippen molar-refractivity contribution in [1.82, 2.24) is 0 Å². The van der Waals surface area contributed by atoms with E-state index >= 15 is 0 Å². The highest BCUT2D eigenvalue weighted by Crippen LogP contribution is 2.34. The number of carbonyl (C=O) groups excluding carboxylic acids is 2. The first-order valence-electron chi connectivity index (χ1n) is 6.38. The number of benzene rings is 1. The van der Waals surface area contributed by atoms with Gasteiger partial charge >= 0.3 is 0 Å². The normalized spacial score (nSPS) is 24.1. The van der Waals surface area contributed by atoms with Gasteiger partial charge < -0.3 is 9.84 Å². The fourth-order valence-electron chi connectivity index (χ4n) is 2.20. The molecule has 1 N–H and O–H groups in total. The Bertz CT molecular complexity index is 800. The second-order valence-electron chi connectivity index (χ2n) is 5.15. The van der Waals surface area contributed by atoms with Crippen molar-refractivity contribution in [2.45, 2.75) is 12.5 Å². The lowest BCUT2D eigenvalue weighted by Crippen LogP contribution is -2.46. The van der Waals surface area contributed by atoms with Gasteiger partial charge in [0.1, 0.15) is 12.0 Å². The molecule has 1 unspecified atom stereocenters. The molecule has 0 radical (unpaired) electrons. The first-order chi connectivity index (χ1) is 10.3. The Hall–Kier alpha value is -2.60. The monoisotopic (exact) mass is 304 g/mol. The van der Waals surface area contributed by atoms with Crippen LogP contribution in [0.3, 0.4) is 0 Å². The zero-order chi connectivity index (χ0) is 16.1. The predicted octanol–water partition coefficient (Wildman–Crippen LogP) is 2.05. The summed E-state index contributed by atoms with van der Waals surface area (Å²) < 4.78 is 31.5. The lowest BCUT2D eigenvalue weighted by Gasteiger charge is -2.27. The maximum Gasteiger partial charge on any atom is 0.205 e. The molecular weight excluding hydrogens is 294 g/mol. The van der Waals surface area contributed by atoms with Gasteiger partial charge in [-0.3, -0.25) is 9.59 Å². The van der Waals surface area contributed by atoms with Crippen molar-refractivity contribution in [3.8, 4) is 0 Å². The minimum atomic E-state index is -2.12. The number of Topliss-reactive ketones (excluding diaryl/α,β-unsaturated/α-hetero) is 1. The molecule has 0 spiro atoms.